The average molecular weight is 223 g/mol. The van der Waals surface area contributed by atoms with Gasteiger partial charge in [-0.3, -0.25) is 5.32 Å². The number of hydrogen-bond acceptors (Lipinski definition) is 3. The lowest BCUT2D eigenvalue weighted by molar-refractivity contribution is 0.0698. The van der Waals surface area contributed by atoms with Gasteiger partial charge in [0.1, 0.15) is 0 Å². The first-order valence-electron chi connectivity index (χ1n) is 4.80. The average Bonchev–Trinajstić information content (AvgIpc) is 2.16. The molecule has 0 aliphatic heterocycles. The number of carboxylic acids is 1. The highest BCUT2D eigenvalue weighted by Gasteiger charge is 2.12. The van der Waals surface area contributed by atoms with Crippen LogP contribution >= 0.6 is 0 Å². The van der Waals surface area contributed by atoms with Gasteiger partial charge in [0.2, 0.25) is 0 Å². The predicted octanol–water partition coefficient (Wildman–Crippen LogP) is 2.34. The summed E-state index contributed by atoms with van der Waals surface area (Å²) in [4.78, 5) is 22.1. The molecule has 2 N–H and O–H groups in total. The number of carboxylic acid groups (broad SMARTS) is 1. The molecule has 0 aromatic heterocycles. The minimum atomic E-state index is -1.10. The largest absolute Gasteiger partial charge is 0.478 e. The first-order chi connectivity index (χ1) is 7.50. The highest BCUT2D eigenvalue weighted by atomic mass is 16.6. The zero-order chi connectivity index (χ0) is 12.1. The topological polar surface area (TPSA) is 75.6 Å². The Morgan fingerprint density at radius 2 is 1.94 bits per heavy atom. The second kappa shape index (κ2) is 5.16. The number of carbonyl (C=O) groups is 2. The van der Waals surface area contributed by atoms with Crippen LogP contribution in [0.2, 0.25) is 0 Å². The van der Waals surface area contributed by atoms with Crippen molar-refractivity contribution in [3.8, 4) is 0 Å². The summed E-state index contributed by atoms with van der Waals surface area (Å²) in [6, 6.07) is 6.14. The van der Waals surface area contributed by atoms with Gasteiger partial charge in [0.05, 0.1) is 17.4 Å². The van der Waals surface area contributed by atoms with Crippen LogP contribution in [0.5, 0.6) is 0 Å². The molecular weight excluding hydrogens is 210 g/mol. The van der Waals surface area contributed by atoms with Crippen molar-refractivity contribution >= 4 is 17.7 Å². The maximum Gasteiger partial charge on any atom is 0.411 e. The smallest absolute Gasteiger partial charge is 0.411 e. The highest BCUT2D eigenvalue weighted by molar-refractivity contribution is 5.98. The van der Waals surface area contributed by atoms with Crippen molar-refractivity contribution in [1.82, 2.24) is 0 Å². The minimum Gasteiger partial charge on any atom is -0.478 e. The lowest BCUT2D eigenvalue weighted by atomic mass is 10.2. The van der Waals surface area contributed by atoms with Crippen molar-refractivity contribution < 1.29 is 19.4 Å². The third-order valence-corrected chi connectivity index (χ3v) is 1.74. The van der Waals surface area contributed by atoms with Crippen LogP contribution in [-0.2, 0) is 4.74 Å². The predicted molar refractivity (Wildman–Crippen MR) is 58.6 cm³/mol. The van der Waals surface area contributed by atoms with Crippen LogP contribution in [0.25, 0.3) is 0 Å². The number of hydrogen-bond donors (Lipinski definition) is 2. The van der Waals surface area contributed by atoms with E-state index in [0.717, 1.165) is 0 Å². The normalized spacial score (nSPS) is 9.94. The first-order valence-corrected chi connectivity index (χ1v) is 4.80. The summed E-state index contributed by atoms with van der Waals surface area (Å²) in [5, 5.41) is 11.2. The Hall–Kier alpha value is -2.04. The zero-order valence-electron chi connectivity index (χ0n) is 9.06. The molecule has 0 spiro atoms. The molecule has 16 heavy (non-hydrogen) atoms. The Morgan fingerprint density at radius 1 is 1.31 bits per heavy atom. The summed E-state index contributed by atoms with van der Waals surface area (Å²) in [7, 11) is 0. The number of benzene rings is 1. The van der Waals surface area contributed by atoms with Crippen LogP contribution in [-0.4, -0.2) is 23.3 Å². The van der Waals surface area contributed by atoms with Crippen molar-refractivity contribution in [3.05, 3.63) is 29.8 Å². The van der Waals surface area contributed by atoms with Gasteiger partial charge < -0.3 is 9.84 Å². The molecule has 0 radical (unpaired) electrons. The van der Waals surface area contributed by atoms with Gasteiger partial charge in [-0.1, -0.05) is 12.1 Å². The Morgan fingerprint density at radius 3 is 2.50 bits per heavy atom. The molecule has 0 aliphatic carbocycles. The second-order valence-corrected chi connectivity index (χ2v) is 3.43. The molecule has 1 aromatic rings. The quantitative estimate of drug-likeness (QED) is 0.824. The van der Waals surface area contributed by atoms with E-state index in [1.807, 2.05) is 0 Å². The highest BCUT2D eigenvalue weighted by Crippen LogP contribution is 2.15. The molecule has 0 fully saturated rings. The molecule has 0 bridgehead atoms. The number of ether oxygens (including phenoxy) is 1. The summed E-state index contributed by atoms with van der Waals surface area (Å²) in [6.07, 6.45) is -0.916. The van der Waals surface area contributed by atoms with Crippen molar-refractivity contribution in [2.75, 3.05) is 5.32 Å². The van der Waals surface area contributed by atoms with E-state index in [4.69, 9.17) is 9.84 Å². The first kappa shape index (κ1) is 12.0. The van der Waals surface area contributed by atoms with E-state index in [-0.39, 0.29) is 17.4 Å². The number of nitrogens with one attached hydrogen (secondary N) is 1. The van der Waals surface area contributed by atoms with Gasteiger partial charge in [-0.2, -0.15) is 0 Å². The monoisotopic (exact) mass is 223 g/mol. The van der Waals surface area contributed by atoms with Gasteiger partial charge in [-0.05, 0) is 26.0 Å². The van der Waals surface area contributed by atoms with Crippen LogP contribution in [0, 0.1) is 0 Å². The molecule has 1 aromatic carbocycles. The number of anilines is 1. The summed E-state index contributed by atoms with van der Waals surface area (Å²) in [5.74, 6) is -1.10. The summed E-state index contributed by atoms with van der Waals surface area (Å²) in [5.41, 5.74) is 0.254. The molecule has 0 saturated heterocycles. The van der Waals surface area contributed by atoms with Crippen LogP contribution in [0.4, 0.5) is 10.5 Å². The van der Waals surface area contributed by atoms with Gasteiger partial charge >= 0.3 is 12.1 Å². The van der Waals surface area contributed by atoms with E-state index < -0.39 is 12.1 Å². The van der Waals surface area contributed by atoms with E-state index >= 15 is 0 Å². The van der Waals surface area contributed by atoms with Gasteiger partial charge in [-0.15, -0.1) is 0 Å². The molecule has 5 nitrogen and oxygen atoms in total. The van der Waals surface area contributed by atoms with Gasteiger partial charge in [0.25, 0.3) is 0 Å². The van der Waals surface area contributed by atoms with E-state index in [1.165, 1.54) is 12.1 Å². The standard InChI is InChI=1S/C11H13NO4/c1-7(2)16-11(15)12-9-6-4-3-5-8(9)10(13)14/h3-7H,1-2H3,(H,12,15)(H,13,14). The molecule has 1 rings (SSSR count). The van der Waals surface area contributed by atoms with Crippen molar-refractivity contribution in [2.45, 2.75) is 20.0 Å². The lowest BCUT2D eigenvalue weighted by Gasteiger charge is -2.10. The van der Waals surface area contributed by atoms with E-state index in [2.05, 4.69) is 5.32 Å². The van der Waals surface area contributed by atoms with Crippen LogP contribution in [0.3, 0.4) is 0 Å². The molecule has 0 atom stereocenters. The Balaban J connectivity index is 2.81. The van der Waals surface area contributed by atoms with Gasteiger partial charge in [0, 0.05) is 0 Å². The fourth-order valence-corrected chi connectivity index (χ4v) is 1.13. The molecule has 1 amide bonds. The SMILES string of the molecule is CC(C)OC(=O)Nc1ccccc1C(=O)O. The molecule has 0 aliphatic rings. The number of amides is 1. The van der Waals surface area contributed by atoms with Gasteiger partial charge in [0.15, 0.2) is 0 Å². The number of rotatable bonds is 3. The maximum atomic E-state index is 11.3. The van der Waals surface area contributed by atoms with E-state index in [0.29, 0.717) is 0 Å². The van der Waals surface area contributed by atoms with Crippen LogP contribution in [0.15, 0.2) is 24.3 Å². The molecule has 86 valence electrons. The number of para-hydroxylation sites is 1. The Labute approximate surface area is 93.0 Å². The van der Waals surface area contributed by atoms with Crippen LogP contribution in [0.1, 0.15) is 24.2 Å². The molecule has 0 heterocycles. The lowest BCUT2D eigenvalue weighted by Crippen LogP contribution is -2.19. The summed E-state index contributed by atoms with van der Waals surface area (Å²) >= 11 is 0. The third-order valence-electron chi connectivity index (χ3n) is 1.74. The number of aromatic carboxylic acids is 1. The van der Waals surface area contributed by atoms with Crippen molar-refractivity contribution in [2.24, 2.45) is 0 Å². The zero-order valence-corrected chi connectivity index (χ0v) is 9.06. The Kier molecular flexibility index (Phi) is 3.88. The maximum absolute atomic E-state index is 11.3. The minimum absolute atomic E-state index is 0.0307. The van der Waals surface area contributed by atoms with E-state index in [1.54, 1.807) is 26.0 Å². The van der Waals surface area contributed by atoms with Crippen molar-refractivity contribution in [1.29, 1.82) is 0 Å². The summed E-state index contributed by atoms with van der Waals surface area (Å²) < 4.78 is 4.85. The fraction of sp³-hybridized carbons (Fsp3) is 0.273. The molecule has 0 saturated carbocycles. The number of carbonyl (C=O) groups excluding carboxylic acids is 1. The fourth-order valence-electron chi connectivity index (χ4n) is 1.13. The van der Waals surface area contributed by atoms with Crippen LogP contribution < -0.4 is 5.32 Å². The van der Waals surface area contributed by atoms with E-state index in [9.17, 15) is 9.59 Å². The van der Waals surface area contributed by atoms with Crippen molar-refractivity contribution in [3.63, 3.8) is 0 Å². The molecule has 0 unspecified atom stereocenters. The third kappa shape index (κ3) is 3.27. The Bertz CT molecular complexity index is 401. The van der Waals surface area contributed by atoms with Gasteiger partial charge in [-0.25, -0.2) is 9.59 Å². The molecular formula is C11H13NO4. The molecule has 5 heteroatoms. The second-order valence-electron chi connectivity index (χ2n) is 3.43. The summed E-state index contributed by atoms with van der Waals surface area (Å²) in [6.45, 7) is 3.42.